The van der Waals surface area contributed by atoms with E-state index in [4.69, 9.17) is 0 Å². The molecule has 1 rings (SSSR count). The molecule has 0 saturated heterocycles. The number of rotatable bonds is 5. The Hall–Kier alpha value is -0.570. The van der Waals surface area contributed by atoms with Crippen molar-refractivity contribution >= 4 is 5.97 Å². The predicted octanol–water partition coefficient (Wildman–Crippen LogP) is 3.19. The van der Waals surface area contributed by atoms with Crippen molar-refractivity contribution in [2.24, 2.45) is 5.92 Å². The molecule has 0 aromatic carbocycles. The van der Waals surface area contributed by atoms with Crippen molar-refractivity contribution in [1.29, 1.82) is 0 Å². The zero-order valence-corrected chi connectivity index (χ0v) is 11.2. The van der Waals surface area contributed by atoms with Crippen LogP contribution in [0.4, 0.5) is 0 Å². The van der Waals surface area contributed by atoms with Crippen LogP contribution in [0, 0.1) is 5.92 Å². The molecule has 1 atom stereocenters. The molecule has 0 bridgehead atoms. The molecule has 0 amide bonds. The number of carboxylic acid groups (broad SMARTS) is 1. The third-order valence-corrected chi connectivity index (χ3v) is 3.55. The highest BCUT2D eigenvalue weighted by molar-refractivity contribution is 5.73. The van der Waals surface area contributed by atoms with Crippen LogP contribution in [-0.2, 0) is 4.79 Å². The van der Waals surface area contributed by atoms with Gasteiger partial charge in [-0.1, -0.05) is 46.0 Å². The maximum atomic E-state index is 11.2. The molecule has 1 aliphatic carbocycles. The Morgan fingerprint density at radius 1 is 1.18 bits per heavy atom. The van der Waals surface area contributed by atoms with Crippen LogP contribution < -0.4 is 5.32 Å². The highest BCUT2D eigenvalue weighted by Gasteiger charge is 2.22. The van der Waals surface area contributed by atoms with E-state index in [1.54, 1.807) is 0 Å². The molecule has 0 aromatic rings. The van der Waals surface area contributed by atoms with Gasteiger partial charge in [0.15, 0.2) is 0 Å². The summed E-state index contributed by atoms with van der Waals surface area (Å²) in [7, 11) is 0. The Kier molecular flexibility index (Phi) is 6.56. The van der Waals surface area contributed by atoms with Gasteiger partial charge in [-0.15, -0.1) is 0 Å². The van der Waals surface area contributed by atoms with Gasteiger partial charge < -0.3 is 10.4 Å². The van der Waals surface area contributed by atoms with Crippen molar-refractivity contribution < 1.29 is 9.90 Å². The van der Waals surface area contributed by atoms with Gasteiger partial charge in [0.05, 0.1) is 0 Å². The van der Waals surface area contributed by atoms with Crippen LogP contribution in [-0.4, -0.2) is 23.2 Å². The van der Waals surface area contributed by atoms with Gasteiger partial charge in [-0.05, 0) is 25.2 Å². The number of hydrogen-bond donors (Lipinski definition) is 2. The second kappa shape index (κ2) is 7.70. The Bertz CT molecular complexity index is 220. The fraction of sp³-hybridized carbons (Fsp3) is 0.929. The van der Waals surface area contributed by atoms with Crippen LogP contribution in [0.15, 0.2) is 0 Å². The van der Waals surface area contributed by atoms with E-state index in [2.05, 4.69) is 19.2 Å². The second-order valence-corrected chi connectivity index (χ2v) is 5.73. The summed E-state index contributed by atoms with van der Waals surface area (Å²) in [5.41, 5.74) is 0. The minimum absolute atomic E-state index is 0.362. The smallest absolute Gasteiger partial charge is 0.320 e. The average molecular weight is 241 g/mol. The SMILES string of the molecule is CC(C)CC(NC1CCCCCCC1)C(=O)O. The molecular weight excluding hydrogens is 214 g/mol. The van der Waals surface area contributed by atoms with Crippen LogP contribution in [0.3, 0.4) is 0 Å². The van der Waals surface area contributed by atoms with Crippen LogP contribution in [0.25, 0.3) is 0 Å². The molecule has 3 heteroatoms. The minimum atomic E-state index is -0.694. The summed E-state index contributed by atoms with van der Waals surface area (Å²) >= 11 is 0. The van der Waals surface area contributed by atoms with Crippen molar-refractivity contribution in [2.75, 3.05) is 0 Å². The fourth-order valence-electron chi connectivity index (χ4n) is 2.62. The molecule has 1 saturated carbocycles. The van der Waals surface area contributed by atoms with E-state index in [0.717, 1.165) is 19.3 Å². The molecule has 0 spiro atoms. The molecule has 2 N–H and O–H groups in total. The van der Waals surface area contributed by atoms with Gasteiger partial charge in [-0.3, -0.25) is 4.79 Å². The zero-order valence-electron chi connectivity index (χ0n) is 11.2. The first-order chi connectivity index (χ1) is 8.09. The standard InChI is InChI=1S/C14H27NO2/c1-11(2)10-13(14(16)17)15-12-8-6-4-3-5-7-9-12/h11-13,15H,3-10H2,1-2H3,(H,16,17). The normalized spacial score (nSPS) is 20.9. The molecule has 0 aromatic heterocycles. The summed E-state index contributed by atoms with van der Waals surface area (Å²) in [5, 5.41) is 12.6. The second-order valence-electron chi connectivity index (χ2n) is 5.73. The van der Waals surface area contributed by atoms with E-state index < -0.39 is 5.97 Å². The van der Waals surface area contributed by atoms with Crippen molar-refractivity contribution in [3.8, 4) is 0 Å². The van der Waals surface area contributed by atoms with E-state index >= 15 is 0 Å². The average Bonchev–Trinajstić information content (AvgIpc) is 2.19. The maximum Gasteiger partial charge on any atom is 0.320 e. The van der Waals surface area contributed by atoms with Gasteiger partial charge in [0.2, 0.25) is 0 Å². The van der Waals surface area contributed by atoms with E-state index in [9.17, 15) is 9.90 Å². The number of carboxylic acids is 1. The van der Waals surface area contributed by atoms with Gasteiger partial charge in [-0.2, -0.15) is 0 Å². The molecule has 1 aliphatic rings. The van der Waals surface area contributed by atoms with Crippen LogP contribution in [0.2, 0.25) is 0 Å². The quantitative estimate of drug-likeness (QED) is 0.777. The summed E-state index contributed by atoms with van der Waals surface area (Å²) < 4.78 is 0. The Morgan fingerprint density at radius 2 is 1.71 bits per heavy atom. The summed E-state index contributed by atoms with van der Waals surface area (Å²) in [5.74, 6) is -0.266. The number of hydrogen-bond acceptors (Lipinski definition) is 2. The van der Waals surface area contributed by atoms with Crippen molar-refractivity contribution in [3.63, 3.8) is 0 Å². The molecule has 0 heterocycles. The molecule has 17 heavy (non-hydrogen) atoms. The minimum Gasteiger partial charge on any atom is -0.480 e. The first-order valence-corrected chi connectivity index (χ1v) is 7.08. The lowest BCUT2D eigenvalue weighted by atomic mass is 9.95. The predicted molar refractivity (Wildman–Crippen MR) is 70.1 cm³/mol. The lowest BCUT2D eigenvalue weighted by molar-refractivity contribution is -0.140. The Balaban J connectivity index is 2.43. The van der Waals surface area contributed by atoms with Gasteiger partial charge >= 0.3 is 5.97 Å². The van der Waals surface area contributed by atoms with E-state index in [1.165, 1.54) is 32.1 Å². The first-order valence-electron chi connectivity index (χ1n) is 7.08. The van der Waals surface area contributed by atoms with Gasteiger partial charge in [-0.25, -0.2) is 0 Å². The third-order valence-electron chi connectivity index (χ3n) is 3.55. The molecule has 1 unspecified atom stereocenters. The van der Waals surface area contributed by atoms with Crippen LogP contribution in [0.5, 0.6) is 0 Å². The van der Waals surface area contributed by atoms with Crippen LogP contribution >= 0.6 is 0 Å². The molecule has 0 radical (unpaired) electrons. The van der Waals surface area contributed by atoms with E-state index in [1.807, 2.05) is 0 Å². The van der Waals surface area contributed by atoms with Crippen molar-refractivity contribution in [1.82, 2.24) is 5.32 Å². The summed E-state index contributed by atoms with van der Waals surface area (Å²) in [6, 6.07) is 0.0505. The third kappa shape index (κ3) is 6.06. The van der Waals surface area contributed by atoms with Crippen molar-refractivity contribution in [3.05, 3.63) is 0 Å². The fourth-order valence-corrected chi connectivity index (χ4v) is 2.62. The van der Waals surface area contributed by atoms with Crippen LogP contribution in [0.1, 0.15) is 65.2 Å². The Morgan fingerprint density at radius 3 is 2.18 bits per heavy atom. The molecule has 100 valence electrons. The lowest BCUT2D eigenvalue weighted by Gasteiger charge is -2.25. The monoisotopic (exact) mass is 241 g/mol. The maximum absolute atomic E-state index is 11.2. The number of carbonyl (C=O) groups is 1. The first kappa shape index (κ1) is 14.5. The topological polar surface area (TPSA) is 49.3 Å². The Labute approximate surface area is 105 Å². The summed E-state index contributed by atoms with van der Waals surface area (Å²) in [6.07, 6.45) is 9.45. The summed E-state index contributed by atoms with van der Waals surface area (Å²) in [6.45, 7) is 4.16. The van der Waals surface area contributed by atoms with E-state index in [-0.39, 0.29) is 6.04 Å². The highest BCUT2D eigenvalue weighted by atomic mass is 16.4. The van der Waals surface area contributed by atoms with Gasteiger partial charge in [0.1, 0.15) is 6.04 Å². The van der Waals surface area contributed by atoms with Gasteiger partial charge in [0.25, 0.3) is 0 Å². The van der Waals surface area contributed by atoms with Crippen molar-refractivity contribution in [2.45, 2.75) is 77.3 Å². The highest BCUT2D eigenvalue weighted by Crippen LogP contribution is 2.18. The molecule has 0 aliphatic heterocycles. The number of aliphatic carboxylic acids is 1. The van der Waals surface area contributed by atoms with Gasteiger partial charge in [0, 0.05) is 6.04 Å². The summed E-state index contributed by atoms with van der Waals surface area (Å²) in [4.78, 5) is 11.2. The van der Waals surface area contributed by atoms with E-state index in [0.29, 0.717) is 12.0 Å². The molecule has 3 nitrogen and oxygen atoms in total. The lowest BCUT2D eigenvalue weighted by Crippen LogP contribution is -2.44. The largest absolute Gasteiger partial charge is 0.480 e. The zero-order chi connectivity index (χ0) is 12.7. The molecular formula is C14H27NO2. The number of nitrogens with one attached hydrogen (secondary N) is 1. The molecule has 1 fully saturated rings.